The molecule has 0 saturated carbocycles. The van der Waals surface area contributed by atoms with Gasteiger partial charge in [-0.05, 0) is 57.4 Å². The summed E-state index contributed by atoms with van der Waals surface area (Å²) in [6.07, 6.45) is 0.963. The summed E-state index contributed by atoms with van der Waals surface area (Å²) >= 11 is 0. The molecule has 34 heavy (non-hydrogen) atoms. The summed E-state index contributed by atoms with van der Waals surface area (Å²) in [4.78, 5) is 47.7. The number of carbonyl (C=O) groups excluding carboxylic acids is 3. The average molecular weight is 469 g/mol. The Morgan fingerprint density at radius 2 is 1.38 bits per heavy atom. The number of carbonyl (C=O) groups is 3. The highest BCUT2D eigenvalue weighted by Gasteiger charge is 2.15. The molecule has 0 amide bonds. The van der Waals surface area contributed by atoms with E-state index in [4.69, 9.17) is 18.6 Å². The lowest BCUT2D eigenvalue weighted by Crippen LogP contribution is -2.14. The van der Waals surface area contributed by atoms with E-state index in [2.05, 4.69) is 19.7 Å². The fourth-order valence-corrected chi connectivity index (χ4v) is 2.86. The van der Waals surface area contributed by atoms with Crippen molar-refractivity contribution in [3.8, 4) is 5.75 Å². The quantitative estimate of drug-likeness (QED) is 0.160. The normalized spacial score (nSPS) is 10.4. The van der Waals surface area contributed by atoms with Crippen LogP contribution in [0.2, 0.25) is 0 Å². The van der Waals surface area contributed by atoms with Gasteiger partial charge in [-0.1, -0.05) is 19.7 Å². The number of aryl methyl sites for hydroxylation is 1. The molecule has 0 spiro atoms. The van der Waals surface area contributed by atoms with Crippen LogP contribution in [0.4, 0.5) is 0 Å². The molecule has 0 unspecified atom stereocenters. The van der Waals surface area contributed by atoms with Gasteiger partial charge in [0.25, 0.3) is 0 Å². The van der Waals surface area contributed by atoms with Crippen LogP contribution in [-0.2, 0) is 36.7 Å². The highest BCUT2D eigenvalue weighted by atomic mass is 16.5. The van der Waals surface area contributed by atoms with Gasteiger partial charge in [-0.25, -0.2) is 19.2 Å². The lowest BCUT2D eigenvalue weighted by atomic mass is 10.0. The number of esters is 3. The van der Waals surface area contributed by atoms with Gasteiger partial charge >= 0.3 is 23.5 Å². The summed E-state index contributed by atoms with van der Waals surface area (Å²) in [7, 11) is 0. The van der Waals surface area contributed by atoms with E-state index in [1.807, 2.05) is 0 Å². The van der Waals surface area contributed by atoms with Crippen LogP contribution in [0.5, 0.6) is 5.75 Å². The molecule has 0 aliphatic rings. The predicted octanol–water partition coefficient (Wildman–Crippen LogP) is 3.99. The van der Waals surface area contributed by atoms with Crippen molar-refractivity contribution in [3.63, 3.8) is 0 Å². The van der Waals surface area contributed by atoms with Crippen molar-refractivity contribution in [1.82, 2.24) is 0 Å². The maximum atomic E-state index is 12.5. The molecule has 1 aromatic heterocycles. The molecule has 0 saturated heterocycles. The number of benzene rings is 1. The summed E-state index contributed by atoms with van der Waals surface area (Å²) in [5, 5.41) is 0.529. The third-order valence-corrected chi connectivity index (χ3v) is 4.64. The van der Waals surface area contributed by atoms with Gasteiger partial charge in [0.2, 0.25) is 0 Å². The van der Waals surface area contributed by atoms with Gasteiger partial charge < -0.3 is 18.6 Å². The van der Waals surface area contributed by atoms with Crippen molar-refractivity contribution in [2.24, 2.45) is 0 Å². The van der Waals surface area contributed by atoms with E-state index in [1.165, 1.54) is 13.8 Å². The van der Waals surface area contributed by atoms with Crippen molar-refractivity contribution in [1.29, 1.82) is 0 Å². The fraction of sp³-hybridized carbons (Fsp3) is 0.308. The highest BCUT2D eigenvalue weighted by molar-refractivity contribution is 5.90. The van der Waals surface area contributed by atoms with Crippen molar-refractivity contribution in [3.05, 3.63) is 76.2 Å². The summed E-state index contributed by atoms with van der Waals surface area (Å²) in [6, 6.07) is 4.78. The molecule has 0 N–H and O–H groups in total. The second kappa shape index (κ2) is 11.8. The first kappa shape index (κ1) is 26.3. The molecule has 0 bridgehead atoms. The smallest absolute Gasteiger partial charge is 0.339 e. The van der Waals surface area contributed by atoms with E-state index in [-0.39, 0.29) is 36.5 Å². The first-order valence-electron chi connectivity index (χ1n) is 10.6. The minimum absolute atomic E-state index is 0.0206. The Morgan fingerprint density at radius 3 is 1.97 bits per heavy atom. The third kappa shape index (κ3) is 7.30. The second-order valence-corrected chi connectivity index (χ2v) is 7.92. The molecule has 0 atom stereocenters. The number of hydrogen-bond acceptors (Lipinski definition) is 8. The molecule has 8 nitrogen and oxygen atoms in total. The number of rotatable bonds is 11. The summed E-state index contributed by atoms with van der Waals surface area (Å²) in [5.41, 5.74) is 1.44. The van der Waals surface area contributed by atoms with Crippen LogP contribution in [0.25, 0.3) is 11.0 Å². The van der Waals surface area contributed by atoms with E-state index in [0.29, 0.717) is 40.5 Å². The van der Waals surface area contributed by atoms with E-state index in [0.717, 1.165) is 0 Å². The van der Waals surface area contributed by atoms with E-state index >= 15 is 0 Å². The molecule has 2 rings (SSSR count). The summed E-state index contributed by atoms with van der Waals surface area (Å²) in [5.74, 6) is -1.38. The van der Waals surface area contributed by atoms with Crippen LogP contribution in [0, 0.1) is 0 Å². The lowest BCUT2D eigenvalue weighted by molar-refractivity contribution is -0.139. The van der Waals surface area contributed by atoms with Gasteiger partial charge in [-0.15, -0.1) is 0 Å². The minimum Gasteiger partial charge on any atom is -0.462 e. The average Bonchev–Trinajstić information content (AvgIpc) is 2.76. The number of hydrogen-bond donors (Lipinski definition) is 0. The molecule has 0 aliphatic heterocycles. The molecular formula is C26H28O8. The Morgan fingerprint density at radius 1 is 0.794 bits per heavy atom. The van der Waals surface area contributed by atoms with Gasteiger partial charge in [0.05, 0.1) is 13.2 Å². The fourth-order valence-electron chi connectivity index (χ4n) is 2.86. The molecule has 8 heteroatoms. The lowest BCUT2D eigenvalue weighted by Gasteiger charge is -2.11. The third-order valence-electron chi connectivity index (χ3n) is 4.64. The van der Waals surface area contributed by atoms with Crippen LogP contribution in [-0.4, -0.2) is 31.1 Å². The number of fused-ring (bicyclic) bond motifs is 1. The molecule has 0 radical (unpaired) electrons. The largest absolute Gasteiger partial charge is 0.462 e. The van der Waals surface area contributed by atoms with Crippen molar-refractivity contribution < 1.29 is 33.0 Å². The minimum atomic E-state index is -0.593. The monoisotopic (exact) mass is 468 g/mol. The van der Waals surface area contributed by atoms with E-state index in [9.17, 15) is 19.2 Å². The molecular weight excluding hydrogens is 440 g/mol. The maximum absolute atomic E-state index is 12.5. The van der Waals surface area contributed by atoms with Gasteiger partial charge in [-0.3, -0.25) is 0 Å². The van der Waals surface area contributed by atoms with Gasteiger partial charge in [0.1, 0.15) is 11.3 Å². The first-order valence-corrected chi connectivity index (χ1v) is 10.6. The first-order chi connectivity index (χ1) is 16.0. The second-order valence-electron chi connectivity index (χ2n) is 7.92. The van der Waals surface area contributed by atoms with Gasteiger partial charge in [-0.2, -0.15) is 0 Å². The van der Waals surface area contributed by atoms with Crippen LogP contribution in [0.15, 0.2) is 63.9 Å². The molecule has 1 aromatic carbocycles. The number of ether oxygens (including phenoxy) is 3. The Bertz CT molecular complexity index is 1220. The zero-order chi connectivity index (χ0) is 25.4. The van der Waals surface area contributed by atoms with Gasteiger partial charge in [0, 0.05) is 34.1 Å². The Hall–Kier alpha value is -3.94. The summed E-state index contributed by atoms with van der Waals surface area (Å²) < 4.78 is 21.1. The standard InChI is InChI=1S/C26H28O8/c1-15(2)23(27)31-10-7-8-18-13-21(33-25(29)17(5)6)14-20-12-19(26(30)34-22(18)20)9-11-32-24(28)16(3)4/h12-14H,1,3,5,7-11H2,2,4,6H3. The van der Waals surface area contributed by atoms with Crippen molar-refractivity contribution in [2.75, 3.05) is 13.2 Å². The maximum Gasteiger partial charge on any atom is 0.339 e. The topological polar surface area (TPSA) is 109 Å². The Kier molecular flexibility index (Phi) is 9.12. The zero-order valence-corrected chi connectivity index (χ0v) is 19.7. The van der Waals surface area contributed by atoms with Crippen LogP contribution < -0.4 is 10.4 Å². The summed E-state index contributed by atoms with van der Waals surface area (Å²) in [6.45, 7) is 15.4. The molecule has 2 aromatic rings. The predicted molar refractivity (Wildman–Crippen MR) is 127 cm³/mol. The van der Waals surface area contributed by atoms with Crippen LogP contribution >= 0.6 is 0 Å². The van der Waals surface area contributed by atoms with Crippen molar-refractivity contribution >= 4 is 28.9 Å². The Labute approximate surface area is 197 Å². The van der Waals surface area contributed by atoms with E-state index in [1.54, 1.807) is 25.1 Å². The highest BCUT2D eigenvalue weighted by Crippen LogP contribution is 2.27. The van der Waals surface area contributed by atoms with Crippen LogP contribution in [0.1, 0.15) is 38.3 Å². The zero-order valence-electron chi connectivity index (χ0n) is 19.7. The van der Waals surface area contributed by atoms with E-state index < -0.39 is 23.5 Å². The van der Waals surface area contributed by atoms with Crippen LogP contribution in [0.3, 0.4) is 0 Å². The van der Waals surface area contributed by atoms with Gasteiger partial charge in [0.15, 0.2) is 0 Å². The molecule has 180 valence electrons. The molecule has 0 aliphatic carbocycles. The molecule has 1 heterocycles. The Balaban J connectivity index is 2.32. The molecule has 0 fully saturated rings. The van der Waals surface area contributed by atoms with Crippen molar-refractivity contribution in [2.45, 2.75) is 40.0 Å². The SMILES string of the molecule is C=C(C)C(=O)OCCCc1cc(OC(=O)C(=C)C)cc2cc(CCOC(=O)C(=C)C)c(=O)oc12.